The number of nitrogens with one attached hydrogen (secondary N) is 2. The average molecular weight is 440 g/mol. The third-order valence-electron chi connectivity index (χ3n) is 4.07. The molecule has 0 aliphatic carbocycles. The van der Waals surface area contributed by atoms with Gasteiger partial charge in [-0.3, -0.25) is 4.79 Å². The molecule has 0 heterocycles. The lowest BCUT2D eigenvalue weighted by molar-refractivity contribution is -0.119. The van der Waals surface area contributed by atoms with Crippen LogP contribution in [0.25, 0.3) is 10.8 Å². The molecule has 0 bridgehead atoms. The van der Waals surface area contributed by atoms with Crippen molar-refractivity contribution in [1.82, 2.24) is 5.43 Å². The third kappa shape index (κ3) is 5.33. The quantitative estimate of drug-likeness (QED) is 0.385. The van der Waals surface area contributed by atoms with Crippen molar-refractivity contribution in [1.29, 1.82) is 0 Å². The van der Waals surface area contributed by atoms with Gasteiger partial charge in [-0.1, -0.05) is 53.2 Å². The molecule has 0 spiro atoms. The number of anilines is 1. The SMILES string of the molecule is CCCOc1ccc2ccccc2c1/C=N\NC(=O)CNc1ccc(Br)cc1. The predicted octanol–water partition coefficient (Wildman–Crippen LogP) is 4.95. The van der Waals surface area contributed by atoms with Crippen LogP contribution in [-0.4, -0.2) is 25.3 Å². The lowest BCUT2D eigenvalue weighted by Gasteiger charge is -2.11. The molecule has 0 fully saturated rings. The Balaban J connectivity index is 1.67. The second-order valence-corrected chi connectivity index (χ2v) is 7.12. The third-order valence-corrected chi connectivity index (χ3v) is 4.60. The fraction of sp³-hybridized carbons (Fsp3) is 0.182. The molecule has 0 aromatic heterocycles. The van der Waals surface area contributed by atoms with Crippen molar-refractivity contribution in [3.05, 3.63) is 70.7 Å². The zero-order chi connectivity index (χ0) is 19.8. The number of fused-ring (bicyclic) bond motifs is 1. The van der Waals surface area contributed by atoms with E-state index in [1.165, 1.54) is 0 Å². The molecule has 0 aliphatic heterocycles. The van der Waals surface area contributed by atoms with Gasteiger partial charge in [-0.15, -0.1) is 0 Å². The van der Waals surface area contributed by atoms with Crippen molar-refractivity contribution < 1.29 is 9.53 Å². The highest BCUT2D eigenvalue weighted by molar-refractivity contribution is 9.10. The van der Waals surface area contributed by atoms with Gasteiger partial charge in [-0.2, -0.15) is 5.10 Å². The van der Waals surface area contributed by atoms with E-state index in [2.05, 4.69) is 38.7 Å². The molecule has 1 amide bonds. The summed E-state index contributed by atoms with van der Waals surface area (Å²) in [5.41, 5.74) is 4.29. The molecule has 0 atom stereocenters. The number of hydrogen-bond acceptors (Lipinski definition) is 4. The van der Waals surface area contributed by atoms with E-state index in [0.29, 0.717) is 6.61 Å². The van der Waals surface area contributed by atoms with Crippen LogP contribution in [0.15, 0.2) is 70.2 Å². The Labute approximate surface area is 172 Å². The van der Waals surface area contributed by atoms with E-state index in [-0.39, 0.29) is 12.5 Å². The molecule has 3 aromatic rings. The minimum absolute atomic E-state index is 0.133. The Hall–Kier alpha value is -2.86. The first kappa shape index (κ1) is 19.9. The fourth-order valence-corrected chi connectivity index (χ4v) is 2.97. The molecule has 0 saturated carbocycles. The molecular weight excluding hydrogens is 418 g/mol. The zero-order valence-corrected chi connectivity index (χ0v) is 17.2. The van der Waals surface area contributed by atoms with Crippen LogP contribution in [-0.2, 0) is 4.79 Å². The van der Waals surface area contributed by atoms with Crippen LogP contribution in [0, 0.1) is 0 Å². The summed E-state index contributed by atoms with van der Waals surface area (Å²) in [7, 11) is 0. The number of carbonyl (C=O) groups excluding carboxylic acids is 1. The topological polar surface area (TPSA) is 62.7 Å². The number of halogens is 1. The highest BCUT2D eigenvalue weighted by Gasteiger charge is 2.07. The Kier molecular flexibility index (Phi) is 7.03. The molecule has 3 aromatic carbocycles. The molecule has 144 valence electrons. The summed E-state index contributed by atoms with van der Waals surface area (Å²) >= 11 is 3.38. The summed E-state index contributed by atoms with van der Waals surface area (Å²) < 4.78 is 6.84. The second kappa shape index (κ2) is 9.90. The molecule has 28 heavy (non-hydrogen) atoms. The van der Waals surface area contributed by atoms with Crippen LogP contribution in [0.1, 0.15) is 18.9 Å². The number of ether oxygens (including phenoxy) is 1. The molecule has 0 saturated heterocycles. The van der Waals surface area contributed by atoms with E-state index in [4.69, 9.17) is 4.74 Å². The maximum Gasteiger partial charge on any atom is 0.259 e. The lowest BCUT2D eigenvalue weighted by atomic mass is 10.0. The Morgan fingerprint density at radius 1 is 1.11 bits per heavy atom. The first-order valence-corrected chi connectivity index (χ1v) is 9.92. The van der Waals surface area contributed by atoms with Crippen LogP contribution in [0.3, 0.4) is 0 Å². The van der Waals surface area contributed by atoms with Gasteiger partial charge in [0.2, 0.25) is 0 Å². The van der Waals surface area contributed by atoms with Gasteiger partial charge in [0, 0.05) is 15.7 Å². The minimum Gasteiger partial charge on any atom is -0.493 e. The normalized spacial score (nSPS) is 10.9. The van der Waals surface area contributed by atoms with E-state index in [9.17, 15) is 4.79 Å². The summed E-state index contributed by atoms with van der Waals surface area (Å²) in [5.74, 6) is 0.530. The van der Waals surface area contributed by atoms with Crippen LogP contribution < -0.4 is 15.5 Å². The van der Waals surface area contributed by atoms with E-state index >= 15 is 0 Å². The zero-order valence-electron chi connectivity index (χ0n) is 15.6. The lowest BCUT2D eigenvalue weighted by Crippen LogP contribution is -2.25. The van der Waals surface area contributed by atoms with Crippen molar-refractivity contribution in [2.45, 2.75) is 13.3 Å². The van der Waals surface area contributed by atoms with Crippen molar-refractivity contribution in [2.75, 3.05) is 18.5 Å². The Morgan fingerprint density at radius 3 is 2.68 bits per heavy atom. The number of hydrogen-bond donors (Lipinski definition) is 2. The predicted molar refractivity (Wildman–Crippen MR) is 118 cm³/mol. The molecule has 0 unspecified atom stereocenters. The smallest absolute Gasteiger partial charge is 0.259 e. The Bertz CT molecular complexity index is 971. The van der Waals surface area contributed by atoms with Crippen molar-refractivity contribution in [3.8, 4) is 5.75 Å². The maximum absolute atomic E-state index is 12.1. The highest BCUT2D eigenvalue weighted by Crippen LogP contribution is 2.26. The van der Waals surface area contributed by atoms with Gasteiger partial charge in [0.25, 0.3) is 5.91 Å². The van der Waals surface area contributed by atoms with Crippen LogP contribution in [0.5, 0.6) is 5.75 Å². The van der Waals surface area contributed by atoms with Gasteiger partial charge >= 0.3 is 0 Å². The molecule has 5 nitrogen and oxygen atoms in total. The monoisotopic (exact) mass is 439 g/mol. The number of nitrogens with zero attached hydrogens (tertiary/aromatic N) is 1. The van der Waals surface area contributed by atoms with Crippen LogP contribution in [0.4, 0.5) is 5.69 Å². The molecule has 0 aliphatic rings. The number of benzene rings is 3. The molecular formula is C22H22BrN3O2. The van der Waals surface area contributed by atoms with Gasteiger partial charge in [-0.05, 0) is 47.5 Å². The van der Waals surface area contributed by atoms with Gasteiger partial charge in [0.1, 0.15) is 5.75 Å². The average Bonchev–Trinajstić information content (AvgIpc) is 2.72. The number of rotatable bonds is 8. The summed E-state index contributed by atoms with van der Waals surface area (Å²) in [6, 6.07) is 19.6. The maximum atomic E-state index is 12.1. The second-order valence-electron chi connectivity index (χ2n) is 6.20. The van der Waals surface area contributed by atoms with E-state index in [1.54, 1.807) is 6.21 Å². The first-order valence-electron chi connectivity index (χ1n) is 9.13. The standard InChI is InChI=1S/C22H22BrN3O2/c1-2-13-28-21-12-7-16-5-3-4-6-19(16)20(21)14-25-26-22(27)15-24-18-10-8-17(23)9-11-18/h3-12,14,24H,2,13,15H2,1H3,(H,26,27)/b25-14-. The molecule has 6 heteroatoms. The largest absolute Gasteiger partial charge is 0.493 e. The van der Waals surface area contributed by atoms with Gasteiger partial charge in [0.05, 0.1) is 19.4 Å². The minimum atomic E-state index is -0.226. The first-order chi connectivity index (χ1) is 13.7. The van der Waals surface area contributed by atoms with Gasteiger partial charge in [-0.25, -0.2) is 5.43 Å². The number of hydrazone groups is 1. The molecule has 2 N–H and O–H groups in total. The summed E-state index contributed by atoms with van der Waals surface area (Å²) in [4.78, 5) is 12.1. The van der Waals surface area contributed by atoms with E-state index in [1.807, 2.05) is 60.7 Å². The van der Waals surface area contributed by atoms with Gasteiger partial charge in [0.15, 0.2) is 0 Å². The highest BCUT2D eigenvalue weighted by atomic mass is 79.9. The number of amides is 1. The summed E-state index contributed by atoms with van der Waals surface area (Å²) in [6.07, 6.45) is 2.56. The number of carbonyl (C=O) groups is 1. The van der Waals surface area contributed by atoms with Crippen molar-refractivity contribution in [2.24, 2.45) is 5.10 Å². The summed E-state index contributed by atoms with van der Waals surface area (Å²) in [6.45, 7) is 2.82. The van der Waals surface area contributed by atoms with Crippen molar-refractivity contribution in [3.63, 3.8) is 0 Å². The summed E-state index contributed by atoms with van der Waals surface area (Å²) in [5, 5.41) is 9.32. The Morgan fingerprint density at radius 2 is 1.89 bits per heavy atom. The molecule has 0 radical (unpaired) electrons. The van der Waals surface area contributed by atoms with E-state index < -0.39 is 0 Å². The van der Waals surface area contributed by atoms with Crippen LogP contribution in [0.2, 0.25) is 0 Å². The molecule has 3 rings (SSSR count). The van der Waals surface area contributed by atoms with Crippen LogP contribution >= 0.6 is 15.9 Å². The van der Waals surface area contributed by atoms with Crippen molar-refractivity contribution >= 4 is 44.5 Å². The van der Waals surface area contributed by atoms with E-state index in [0.717, 1.165) is 38.7 Å². The fourth-order valence-electron chi connectivity index (χ4n) is 2.71. The van der Waals surface area contributed by atoms with Gasteiger partial charge < -0.3 is 10.1 Å².